The summed E-state index contributed by atoms with van der Waals surface area (Å²) in [5.74, 6) is 0. The first-order valence-electron chi connectivity index (χ1n) is 4.83. The van der Waals surface area contributed by atoms with E-state index in [1.54, 1.807) is 4.57 Å². The van der Waals surface area contributed by atoms with E-state index in [1.807, 2.05) is 12.1 Å². The summed E-state index contributed by atoms with van der Waals surface area (Å²) >= 11 is 0. The maximum absolute atomic E-state index is 9.70. The van der Waals surface area contributed by atoms with Crippen LogP contribution >= 0.6 is 0 Å². The van der Waals surface area contributed by atoms with Crippen molar-refractivity contribution in [2.24, 2.45) is 0 Å². The van der Waals surface area contributed by atoms with Crippen LogP contribution in [-0.4, -0.2) is 20.8 Å². The lowest BCUT2D eigenvalue weighted by Crippen LogP contribution is -2.18. The van der Waals surface area contributed by atoms with E-state index in [1.165, 1.54) is 6.33 Å². The number of aliphatic hydroxyl groups excluding tert-OH is 1. The average molecular weight is 202 g/mol. The summed E-state index contributed by atoms with van der Waals surface area (Å²) in [6.07, 6.45) is 3.55. The summed E-state index contributed by atoms with van der Waals surface area (Å²) in [4.78, 5) is 3.85. The van der Waals surface area contributed by atoms with Crippen LogP contribution in [0, 0.1) is 22.7 Å². The van der Waals surface area contributed by atoms with Crippen molar-refractivity contribution >= 4 is 0 Å². The van der Waals surface area contributed by atoms with Crippen LogP contribution in [-0.2, 0) is 0 Å². The highest BCUT2D eigenvalue weighted by atomic mass is 16.3. The van der Waals surface area contributed by atoms with Crippen LogP contribution in [0.4, 0.5) is 0 Å². The van der Waals surface area contributed by atoms with E-state index in [-0.39, 0.29) is 17.4 Å². The molecule has 0 aromatic carbocycles. The Labute approximate surface area is 87.2 Å². The first-order chi connectivity index (χ1) is 7.27. The maximum atomic E-state index is 9.70. The van der Waals surface area contributed by atoms with Gasteiger partial charge in [0.05, 0.1) is 18.5 Å². The van der Waals surface area contributed by atoms with E-state index in [2.05, 4.69) is 4.98 Å². The van der Waals surface area contributed by atoms with Gasteiger partial charge in [0.1, 0.15) is 12.1 Å². The Kier molecular flexibility index (Phi) is 2.40. The van der Waals surface area contributed by atoms with Gasteiger partial charge in [-0.05, 0) is 19.3 Å². The van der Waals surface area contributed by atoms with Crippen LogP contribution in [0.3, 0.4) is 0 Å². The SMILES string of the molecule is N#Cc1ncn([C@@H]2CCC[C@H]2O)c1C#N. The zero-order chi connectivity index (χ0) is 10.8. The van der Waals surface area contributed by atoms with Gasteiger partial charge in [-0.15, -0.1) is 0 Å². The zero-order valence-electron chi connectivity index (χ0n) is 8.09. The van der Waals surface area contributed by atoms with Crippen LogP contribution in [0.1, 0.15) is 36.7 Å². The van der Waals surface area contributed by atoms with Crippen molar-refractivity contribution in [3.63, 3.8) is 0 Å². The lowest BCUT2D eigenvalue weighted by atomic mass is 10.2. The van der Waals surface area contributed by atoms with Crippen molar-refractivity contribution in [3.05, 3.63) is 17.7 Å². The maximum Gasteiger partial charge on any atom is 0.176 e. The molecule has 1 aromatic rings. The second kappa shape index (κ2) is 3.72. The molecule has 1 aromatic heterocycles. The van der Waals surface area contributed by atoms with Crippen molar-refractivity contribution in [2.45, 2.75) is 31.4 Å². The zero-order valence-corrected chi connectivity index (χ0v) is 8.09. The summed E-state index contributed by atoms with van der Waals surface area (Å²) in [6.45, 7) is 0. The molecular formula is C10H10N4O. The molecule has 0 amide bonds. The third-order valence-corrected chi connectivity index (χ3v) is 2.81. The number of nitriles is 2. The molecule has 2 atom stereocenters. The van der Waals surface area contributed by atoms with Crippen molar-refractivity contribution < 1.29 is 5.11 Å². The fraction of sp³-hybridized carbons (Fsp3) is 0.500. The minimum atomic E-state index is -0.433. The molecule has 5 nitrogen and oxygen atoms in total. The Morgan fingerprint density at radius 3 is 2.73 bits per heavy atom. The molecule has 15 heavy (non-hydrogen) atoms. The molecule has 0 saturated heterocycles. The molecule has 0 aliphatic heterocycles. The molecule has 1 heterocycles. The van der Waals surface area contributed by atoms with Gasteiger partial charge < -0.3 is 9.67 Å². The van der Waals surface area contributed by atoms with E-state index >= 15 is 0 Å². The summed E-state index contributed by atoms with van der Waals surface area (Å²) in [6, 6.07) is 3.73. The van der Waals surface area contributed by atoms with Gasteiger partial charge in [0.15, 0.2) is 11.4 Å². The minimum Gasteiger partial charge on any atom is -0.391 e. The topological polar surface area (TPSA) is 85.6 Å². The predicted molar refractivity (Wildman–Crippen MR) is 50.6 cm³/mol. The fourth-order valence-corrected chi connectivity index (χ4v) is 2.05. The number of aliphatic hydroxyl groups is 1. The number of hydrogen-bond acceptors (Lipinski definition) is 4. The van der Waals surface area contributed by atoms with Crippen LogP contribution in [0.15, 0.2) is 6.33 Å². The Bertz CT molecular complexity index is 451. The molecule has 1 saturated carbocycles. The molecule has 0 unspecified atom stereocenters. The second-order valence-corrected chi connectivity index (χ2v) is 3.64. The van der Waals surface area contributed by atoms with Crippen molar-refractivity contribution in [3.8, 4) is 12.1 Å². The molecule has 0 spiro atoms. The summed E-state index contributed by atoms with van der Waals surface area (Å²) in [5.41, 5.74) is 0.389. The minimum absolute atomic E-state index is 0.103. The number of hydrogen-bond donors (Lipinski definition) is 1. The van der Waals surface area contributed by atoms with E-state index in [0.29, 0.717) is 0 Å². The van der Waals surface area contributed by atoms with E-state index < -0.39 is 6.10 Å². The molecule has 0 bridgehead atoms. The second-order valence-electron chi connectivity index (χ2n) is 3.64. The molecule has 2 rings (SSSR count). The number of rotatable bonds is 1. The van der Waals surface area contributed by atoms with Crippen LogP contribution in [0.25, 0.3) is 0 Å². The van der Waals surface area contributed by atoms with Gasteiger partial charge in [0, 0.05) is 0 Å². The van der Waals surface area contributed by atoms with E-state index in [9.17, 15) is 5.11 Å². The molecule has 1 aliphatic carbocycles. The Balaban J connectivity index is 2.41. The van der Waals surface area contributed by atoms with Gasteiger partial charge >= 0.3 is 0 Å². The standard InChI is InChI=1S/C10H10N4O/c11-4-7-9(5-12)14(6-13-7)8-2-1-3-10(8)15/h6,8,10,15H,1-3H2/t8-,10-/m1/s1. The fourth-order valence-electron chi connectivity index (χ4n) is 2.05. The highest BCUT2D eigenvalue weighted by Gasteiger charge is 2.29. The highest BCUT2D eigenvalue weighted by Crippen LogP contribution is 2.31. The molecule has 1 aliphatic rings. The average Bonchev–Trinajstić information content (AvgIpc) is 2.82. The smallest absolute Gasteiger partial charge is 0.176 e. The third kappa shape index (κ3) is 1.47. The molecule has 1 fully saturated rings. The van der Waals surface area contributed by atoms with Crippen molar-refractivity contribution in [1.29, 1.82) is 10.5 Å². The molecular weight excluding hydrogens is 192 g/mol. The predicted octanol–water partition coefficient (Wildman–Crippen LogP) is 0.712. The Morgan fingerprint density at radius 1 is 1.40 bits per heavy atom. The number of aromatic nitrogens is 2. The molecule has 5 heteroatoms. The largest absolute Gasteiger partial charge is 0.391 e. The van der Waals surface area contributed by atoms with Gasteiger partial charge in [-0.3, -0.25) is 0 Å². The highest BCUT2D eigenvalue weighted by molar-refractivity contribution is 5.36. The lowest BCUT2D eigenvalue weighted by molar-refractivity contribution is 0.136. The Hall–Kier alpha value is -1.85. The first-order valence-corrected chi connectivity index (χ1v) is 4.83. The first kappa shape index (κ1) is 9.70. The van der Waals surface area contributed by atoms with Crippen LogP contribution in [0.5, 0.6) is 0 Å². The van der Waals surface area contributed by atoms with Gasteiger partial charge in [-0.1, -0.05) is 0 Å². The van der Waals surface area contributed by atoms with Crippen LogP contribution < -0.4 is 0 Å². The summed E-state index contributed by atoms with van der Waals surface area (Å²) in [5, 5.41) is 27.4. The number of imidazole rings is 1. The lowest BCUT2D eigenvalue weighted by Gasteiger charge is -2.16. The quantitative estimate of drug-likeness (QED) is 0.726. The normalized spacial score (nSPS) is 24.7. The van der Waals surface area contributed by atoms with E-state index in [0.717, 1.165) is 19.3 Å². The molecule has 0 radical (unpaired) electrons. The van der Waals surface area contributed by atoms with Gasteiger partial charge in [-0.25, -0.2) is 4.98 Å². The summed E-state index contributed by atoms with van der Waals surface area (Å²) in [7, 11) is 0. The Morgan fingerprint density at radius 2 is 2.20 bits per heavy atom. The van der Waals surface area contributed by atoms with Gasteiger partial charge in [-0.2, -0.15) is 10.5 Å². The van der Waals surface area contributed by atoms with Crippen molar-refractivity contribution in [1.82, 2.24) is 9.55 Å². The monoisotopic (exact) mass is 202 g/mol. The van der Waals surface area contributed by atoms with Crippen molar-refractivity contribution in [2.75, 3.05) is 0 Å². The molecule has 76 valence electrons. The van der Waals surface area contributed by atoms with Crippen LogP contribution in [0.2, 0.25) is 0 Å². The molecule has 1 N–H and O–H groups in total. The third-order valence-electron chi connectivity index (χ3n) is 2.81. The van der Waals surface area contributed by atoms with Gasteiger partial charge in [0.2, 0.25) is 0 Å². The van der Waals surface area contributed by atoms with Gasteiger partial charge in [0.25, 0.3) is 0 Å². The summed E-state index contributed by atoms with van der Waals surface area (Å²) < 4.78 is 1.62. The number of nitrogens with zero attached hydrogens (tertiary/aromatic N) is 4. The van der Waals surface area contributed by atoms with E-state index in [4.69, 9.17) is 10.5 Å².